The second-order valence-electron chi connectivity index (χ2n) is 6.81. The summed E-state index contributed by atoms with van der Waals surface area (Å²) in [5, 5.41) is 13.3. The average Bonchev–Trinajstić information content (AvgIpc) is 3.22. The Hall–Kier alpha value is -2.49. The van der Waals surface area contributed by atoms with E-state index >= 15 is 0 Å². The van der Waals surface area contributed by atoms with Crippen molar-refractivity contribution in [2.75, 3.05) is 0 Å². The molecule has 3 atom stereocenters. The number of fused-ring (bicyclic) bond motifs is 3. The van der Waals surface area contributed by atoms with Crippen molar-refractivity contribution in [3.63, 3.8) is 0 Å². The van der Waals surface area contributed by atoms with Crippen molar-refractivity contribution in [3.8, 4) is 0 Å². The number of hydrogen-bond acceptors (Lipinski definition) is 6. The SMILES string of the molecule is O=C1NC2(C[C@@H]3CC[C@H]2C3)C(=O)N1S(=O)(=O)c1ccc([N+](=O)[O-])cc1. The van der Waals surface area contributed by atoms with E-state index in [0.717, 1.165) is 43.5 Å². The summed E-state index contributed by atoms with van der Waals surface area (Å²) in [6.07, 6.45) is 3.07. The Kier molecular flexibility index (Phi) is 3.21. The number of imide groups is 1. The number of rotatable bonds is 3. The molecule has 1 spiro atoms. The first-order chi connectivity index (χ1) is 11.8. The molecule has 1 unspecified atom stereocenters. The first kappa shape index (κ1) is 16.0. The first-order valence-corrected chi connectivity index (χ1v) is 9.36. The van der Waals surface area contributed by atoms with Crippen molar-refractivity contribution in [1.82, 2.24) is 9.62 Å². The van der Waals surface area contributed by atoms with E-state index in [0.29, 0.717) is 12.3 Å². The molecule has 3 fully saturated rings. The maximum Gasteiger partial charge on any atom is 0.339 e. The molecule has 1 aromatic carbocycles. The quantitative estimate of drug-likeness (QED) is 0.490. The number of nitrogens with one attached hydrogen (secondary N) is 1. The zero-order chi connectivity index (χ0) is 18.0. The number of sulfonamides is 1. The van der Waals surface area contributed by atoms with Crippen LogP contribution in [0.25, 0.3) is 0 Å². The molecule has 25 heavy (non-hydrogen) atoms. The van der Waals surface area contributed by atoms with Crippen LogP contribution < -0.4 is 5.32 Å². The topological polar surface area (TPSA) is 127 Å². The lowest BCUT2D eigenvalue weighted by Crippen LogP contribution is -2.51. The Balaban J connectivity index is 1.70. The molecule has 0 aromatic heterocycles. The van der Waals surface area contributed by atoms with Crippen molar-refractivity contribution in [1.29, 1.82) is 0 Å². The fourth-order valence-electron chi connectivity index (χ4n) is 4.38. The van der Waals surface area contributed by atoms with E-state index in [9.17, 15) is 28.1 Å². The van der Waals surface area contributed by atoms with E-state index in [4.69, 9.17) is 0 Å². The van der Waals surface area contributed by atoms with E-state index in [1.54, 1.807) is 0 Å². The van der Waals surface area contributed by atoms with E-state index in [-0.39, 0.29) is 20.8 Å². The summed E-state index contributed by atoms with van der Waals surface area (Å²) in [6, 6.07) is 3.16. The highest BCUT2D eigenvalue weighted by Gasteiger charge is 2.64. The van der Waals surface area contributed by atoms with Crippen molar-refractivity contribution in [2.24, 2.45) is 11.8 Å². The molecule has 10 heteroatoms. The van der Waals surface area contributed by atoms with E-state index in [2.05, 4.69) is 5.32 Å². The number of carbonyl (C=O) groups is 2. The minimum Gasteiger partial charge on any atom is -0.322 e. The van der Waals surface area contributed by atoms with Crippen molar-refractivity contribution in [2.45, 2.75) is 36.1 Å². The summed E-state index contributed by atoms with van der Waals surface area (Å²) in [5.74, 6) is -0.439. The molecule has 2 saturated carbocycles. The van der Waals surface area contributed by atoms with Crippen LogP contribution >= 0.6 is 0 Å². The van der Waals surface area contributed by atoms with Gasteiger partial charge in [0.05, 0.1) is 9.82 Å². The van der Waals surface area contributed by atoms with Gasteiger partial charge in [-0.25, -0.2) is 13.2 Å². The van der Waals surface area contributed by atoms with Gasteiger partial charge in [0.1, 0.15) is 5.54 Å². The van der Waals surface area contributed by atoms with Crippen LogP contribution in [0.15, 0.2) is 29.2 Å². The second-order valence-corrected chi connectivity index (χ2v) is 8.59. The van der Waals surface area contributed by atoms with Crippen LogP contribution in [0.4, 0.5) is 10.5 Å². The fraction of sp³-hybridized carbons (Fsp3) is 0.467. The molecule has 3 aliphatic rings. The molecule has 0 radical (unpaired) electrons. The molecular weight excluding hydrogens is 350 g/mol. The summed E-state index contributed by atoms with van der Waals surface area (Å²) in [6.45, 7) is 0. The van der Waals surface area contributed by atoms with Crippen LogP contribution in [0.2, 0.25) is 0 Å². The zero-order valence-corrected chi connectivity index (χ0v) is 13.9. The third-order valence-corrected chi connectivity index (χ3v) is 7.20. The molecule has 2 bridgehead atoms. The van der Waals surface area contributed by atoms with Gasteiger partial charge < -0.3 is 5.32 Å². The molecular formula is C15H15N3O6S. The highest BCUT2D eigenvalue weighted by molar-refractivity contribution is 7.90. The van der Waals surface area contributed by atoms with Crippen LogP contribution in [-0.2, 0) is 14.8 Å². The van der Waals surface area contributed by atoms with Gasteiger partial charge >= 0.3 is 6.03 Å². The highest BCUT2D eigenvalue weighted by atomic mass is 32.2. The standard InChI is InChI=1S/C15H15N3O6S/c19-13-15(8-9-1-2-10(15)7-9)16-14(20)17(13)25(23,24)12-5-3-11(4-6-12)18(21)22/h3-6,9-10H,1-2,7-8H2,(H,16,20)/t9-,10+,15?/m1/s1. The fourth-order valence-corrected chi connectivity index (χ4v) is 5.71. The van der Waals surface area contributed by atoms with Gasteiger partial charge in [0, 0.05) is 12.1 Å². The molecule has 3 amide bonds. The molecule has 1 N–H and O–H groups in total. The lowest BCUT2D eigenvalue weighted by atomic mass is 9.81. The molecule has 132 valence electrons. The molecule has 4 rings (SSSR count). The predicted molar refractivity (Wildman–Crippen MR) is 83.8 cm³/mol. The Morgan fingerprint density at radius 2 is 1.88 bits per heavy atom. The normalized spacial score (nSPS) is 31.0. The number of non-ortho nitro benzene ring substituents is 1. The smallest absolute Gasteiger partial charge is 0.322 e. The largest absolute Gasteiger partial charge is 0.339 e. The summed E-state index contributed by atoms with van der Waals surface area (Å²) < 4.78 is 25.8. The number of amides is 3. The molecule has 1 saturated heterocycles. The average molecular weight is 365 g/mol. The van der Waals surface area contributed by atoms with Gasteiger partial charge in [0.2, 0.25) is 0 Å². The summed E-state index contributed by atoms with van der Waals surface area (Å²) >= 11 is 0. The van der Waals surface area contributed by atoms with Gasteiger partial charge in [0.15, 0.2) is 0 Å². The number of hydrogen-bond donors (Lipinski definition) is 1. The maximum atomic E-state index is 12.9. The minimum absolute atomic E-state index is 0.0361. The molecule has 1 heterocycles. The number of carbonyl (C=O) groups excluding carboxylic acids is 2. The predicted octanol–water partition coefficient (Wildman–Crippen LogP) is 1.39. The van der Waals surface area contributed by atoms with Gasteiger partial charge in [-0.1, -0.05) is 0 Å². The molecule has 1 aliphatic heterocycles. The van der Waals surface area contributed by atoms with Gasteiger partial charge in [-0.3, -0.25) is 14.9 Å². The summed E-state index contributed by atoms with van der Waals surface area (Å²) in [4.78, 5) is 34.9. The Labute approximate surface area is 143 Å². The van der Waals surface area contributed by atoms with Crippen LogP contribution in [0.5, 0.6) is 0 Å². The minimum atomic E-state index is -4.41. The van der Waals surface area contributed by atoms with Crippen molar-refractivity contribution < 1.29 is 22.9 Å². The lowest BCUT2D eigenvalue weighted by molar-refractivity contribution is -0.384. The molecule has 2 aliphatic carbocycles. The van der Waals surface area contributed by atoms with Crippen LogP contribution in [0.1, 0.15) is 25.7 Å². The van der Waals surface area contributed by atoms with Crippen LogP contribution in [-0.4, -0.2) is 35.1 Å². The van der Waals surface area contributed by atoms with Gasteiger partial charge in [-0.15, -0.1) is 4.31 Å². The Morgan fingerprint density at radius 1 is 1.20 bits per heavy atom. The van der Waals surface area contributed by atoms with E-state index < -0.39 is 32.4 Å². The van der Waals surface area contributed by atoms with Gasteiger partial charge in [0.25, 0.3) is 21.6 Å². The van der Waals surface area contributed by atoms with Crippen molar-refractivity contribution in [3.05, 3.63) is 34.4 Å². The third-order valence-electron chi connectivity index (χ3n) is 5.52. The number of urea groups is 1. The van der Waals surface area contributed by atoms with Crippen molar-refractivity contribution >= 4 is 27.6 Å². The van der Waals surface area contributed by atoms with E-state index in [1.165, 1.54) is 0 Å². The molecule has 1 aromatic rings. The van der Waals surface area contributed by atoms with Crippen LogP contribution in [0, 0.1) is 22.0 Å². The highest BCUT2D eigenvalue weighted by Crippen LogP contribution is 2.53. The zero-order valence-electron chi connectivity index (χ0n) is 13.0. The lowest BCUT2D eigenvalue weighted by Gasteiger charge is -2.30. The number of nitro benzene ring substituents is 1. The van der Waals surface area contributed by atoms with Gasteiger partial charge in [-0.05, 0) is 49.7 Å². The first-order valence-electron chi connectivity index (χ1n) is 7.92. The number of benzene rings is 1. The third kappa shape index (κ3) is 2.10. The summed E-state index contributed by atoms with van der Waals surface area (Å²) in [5.41, 5.74) is -1.39. The van der Waals surface area contributed by atoms with E-state index in [1.807, 2.05) is 0 Å². The summed E-state index contributed by atoms with van der Waals surface area (Å²) in [7, 11) is -4.41. The number of nitrogens with zero attached hydrogens (tertiary/aromatic N) is 2. The Bertz CT molecular complexity index is 896. The van der Waals surface area contributed by atoms with Crippen LogP contribution in [0.3, 0.4) is 0 Å². The second kappa shape index (κ2) is 5.01. The Morgan fingerprint density at radius 3 is 2.40 bits per heavy atom. The number of nitro groups is 1. The maximum absolute atomic E-state index is 12.9. The monoisotopic (exact) mass is 365 g/mol. The van der Waals surface area contributed by atoms with Gasteiger partial charge in [-0.2, -0.15) is 0 Å². The molecule has 9 nitrogen and oxygen atoms in total.